The number of anilines is 1. The van der Waals surface area contributed by atoms with Gasteiger partial charge in [-0.3, -0.25) is 0 Å². The summed E-state index contributed by atoms with van der Waals surface area (Å²) in [4.78, 5) is 0. The maximum absolute atomic E-state index is 8.53. The molecule has 0 spiro atoms. The van der Waals surface area contributed by atoms with Crippen molar-refractivity contribution in [3.05, 3.63) is 22.7 Å². The van der Waals surface area contributed by atoms with Crippen LogP contribution in [0.2, 0.25) is 0 Å². The van der Waals surface area contributed by atoms with Crippen molar-refractivity contribution in [2.45, 2.75) is 13.0 Å². The lowest BCUT2D eigenvalue weighted by atomic mass is 10.3. The smallest absolute Gasteiger partial charge is 0.181 e. The molecule has 1 rings (SSSR count). The van der Waals surface area contributed by atoms with Crippen LogP contribution in [0.4, 0.5) is 5.69 Å². The van der Waals surface area contributed by atoms with Crippen molar-refractivity contribution in [1.82, 2.24) is 0 Å². The van der Waals surface area contributed by atoms with E-state index in [1.807, 2.05) is 6.07 Å². The van der Waals surface area contributed by atoms with Crippen molar-refractivity contribution >= 4 is 21.6 Å². The normalized spacial score (nSPS) is 11.8. The fourth-order valence-corrected chi connectivity index (χ4v) is 1.17. The Morgan fingerprint density at radius 1 is 1.62 bits per heavy atom. The number of ether oxygens (including phenoxy) is 1. The highest BCUT2D eigenvalue weighted by atomic mass is 79.9. The van der Waals surface area contributed by atoms with Gasteiger partial charge in [0.05, 0.1) is 4.47 Å². The van der Waals surface area contributed by atoms with Gasteiger partial charge in [-0.25, -0.2) is 0 Å². The molecule has 0 saturated heterocycles. The van der Waals surface area contributed by atoms with Crippen LogP contribution in [0.15, 0.2) is 22.7 Å². The van der Waals surface area contributed by atoms with Gasteiger partial charge in [-0.05, 0) is 35.0 Å². The summed E-state index contributed by atoms with van der Waals surface area (Å²) in [5.74, 6) is 0.592. The average Bonchev–Trinajstić information content (AvgIpc) is 2.11. The molecule has 3 nitrogen and oxygen atoms in total. The number of halogens is 1. The second kappa shape index (κ2) is 4.15. The maximum Gasteiger partial charge on any atom is 0.181 e. The molecule has 0 amide bonds. The summed E-state index contributed by atoms with van der Waals surface area (Å²) in [6.45, 7) is 1.68. The van der Waals surface area contributed by atoms with Crippen LogP contribution in [0.3, 0.4) is 0 Å². The summed E-state index contributed by atoms with van der Waals surface area (Å²) in [7, 11) is 0. The van der Waals surface area contributed by atoms with Crippen molar-refractivity contribution < 1.29 is 4.74 Å². The van der Waals surface area contributed by atoms with Crippen LogP contribution in [-0.4, -0.2) is 6.10 Å². The Morgan fingerprint density at radius 2 is 2.31 bits per heavy atom. The fourth-order valence-electron chi connectivity index (χ4n) is 0.827. The Kier molecular flexibility index (Phi) is 3.15. The van der Waals surface area contributed by atoms with E-state index in [2.05, 4.69) is 15.9 Å². The standard InChI is InChI=1S/C9H9BrN2O/c1-6(5-11)13-9-4-7(12)2-3-8(9)10/h2-4,6H,12H2,1H3. The number of nitrogens with two attached hydrogens (primary N) is 1. The van der Waals surface area contributed by atoms with E-state index in [0.717, 1.165) is 4.47 Å². The minimum Gasteiger partial charge on any atom is -0.475 e. The molecule has 1 unspecified atom stereocenters. The molecule has 0 radical (unpaired) electrons. The summed E-state index contributed by atoms with van der Waals surface area (Å²) in [5, 5.41) is 8.53. The van der Waals surface area contributed by atoms with Gasteiger partial charge in [0.25, 0.3) is 0 Å². The molecule has 2 N–H and O–H groups in total. The Morgan fingerprint density at radius 3 is 2.92 bits per heavy atom. The number of nitriles is 1. The van der Waals surface area contributed by atoms with Gasteiger partial charge in [-0.15, -0.1) is 0 Å². The van der Waals surface area contributed by atoms with E-state index in [9.17, 15) is 0 Å². The second-order valence-corrected chi connectivity index (χ2v) is 3.43. The third kappa shape index (κ3) is 2.63. The van der Waals surface area contributed by atoms with Gasteiger partial charge in [0.15, 0.2) is 6.10 Å². The summed E-state index contributed by atoms with van der Waals surface area (Å²) < 4.78 is 6.08. The van der Waals surface area contributed by atoms with E-state index in [-0.39, 0.29) is 0 Å². The zero-order chi connectivity index (χ0) is 9.84. The van der Waals surface area contributed by atoms with Crippen LogP contribution >= 0.6 is 15.9 Å². The average molecular weight is 241 g/mol. The lowest BCUT2D eigenvalue weighted by molar-refractivity contribution is 0.275. The zero-order valence-electron chi connectivity index (χ0n) is 7.12. The number of hydrogen-bond acceptors (Lipinski definition) is 3. The lowest BCUT2D eigenvalue weighted by Crippen LogP contribution is -2.08. The van der Waals surface area contributed by atoms with Gasteiger partial charge in [0.2, 0.25) is 0 Å². The third-order valence-electron chi connectivity index (χ3n) is 1.44. The fraction of sp³-hybridized carbons (Fsp3) is 0.222. The molecule has 13 heavy (non-hydrogen) atoms. The predicted octanol–water partition coefficient (Wildman–Crippen LogP) is 2.32. The Balaban J connectivity index is 2.88. The molecule has 68 valence electrons. The molecule has 0 heterocycles. The number of nitrogens with zero attached hydrogens (tertiary/aromatic N) is 1. The monoisotopic (exact) mass is 240 g/mol. The SMILES string of the molecule is CC(C#N)Oc1cc(N)ccc1Br. The van der Waals surface area contributed by atoms with Crippen LogP contribution in [0, 0.1) is 11.3 Å². The Labute approximate surface area is 85.2 Å². The molecule has 0 aliphatic heterocycles. The van der Waals surface area contributed by atoms with Crippen molar-refractivity contribution in [2.24, 2.45) is 0 Å². The van der Waals surface area contributed by atoms with E-state index in [0.29, 0.717) is 11.4 Å². The minimum atomic E-state index is -0.474. The van der Waals surface area contributed by atoms with Gasteiger partial charge >= 0.3 is 0 Å². The predicted molar refractivity (Wildman–Crippen MR) is 54.3 cm³/mol. The van der Waals surface area contributed by atoms with Gasteiger partial charge in [-0.2, -0.15) is 5.26 Å². The molecule has 0 fully saturated rings. The first kappa shape index (κ1) is 9.87. The number of benzene rings is 1. The van der Waals surface area contributed by atoms with Gasteiger partial charge < -0.3 is 10.5 Å². The summed E-state index contributed by atoms with van der Waals surface area (Å²) >= 11 is 3.30. The third-order valence-corrected chi connectivity index (χ3v) is 2.10. The first-order valence-electron chi connectivity index (χ1n) is 3.75. The quantitative estimate of drug-likeness (QED) is 0.808. The molecular weight excluding hydrogens is 232 g/mol. The first-order chi connectivity index (χ1) is 6.13. The highest BCUT2D eigenvalue weighted by Gasteiger charge is 2.05. The number of nitrogen functional groups attached to an aromatic ring is 1. The van der Waals surface area contributed by atoms with E-state index in [1.54, 1.807) is 25.1 Å². The van der Waals surface area contributed by atoms with Crippen molar-refractivity contribution in [2.75, 3.05) is 5.73 Å². The highest BCUT2D eigenvalue weighted by molar-refractivity contribution is 9.10. The van der Waals surface area contributed by atoms with Gasteiger partial charge in [-0.1, -0.05) is 0 Å². The summed E-state index contributed by atoms with van der Waals surface area (Å²) in [6.07, 6.45) is -0.474. The first-order valence-corrected chi connectivity index (χ1v) is 4.54. The van der Waals surface area contributed by atoms with E-state index < -0.39 is 6.10 Å². The lowest BCUT2D eigenvalue weighted by Gasteiger charge is -2.09. The maximum atomic E-state index is 8.53. The second-order valence-electron chi connectivity index (χ2n) is 2.58. The van der Waals surface area contributed by atoms with Gasteiger partial charge in [0.1, 0.15) is 11.8 Å². The molecule has 0 saturated carbocycles. The van der Waals surface area contributed by atoms with E-state index in [1.165, 1.54) is 0 Å². The molecule has 0 aliphatic carbocycles. The van der Waals surface area contributed by atoms with Crippen LogP contribution in [0.25, 0.3) is 0 Å². The van der Waals surface area contributed by atoms with E-state index in [4.69, 9.17) is 15.7 Å². The molecule has 1 aromatic carbocycles. The van der Waals surface area contributed by atoms with Gasteiger partial charge in [0, 0.05) is 11.8 Å². The Hall–Kier alpha value is -1.21. The zero-order valence-corrected chi connectivity index (χ0v) is 8.71. The van der Waals surface area contributed by atoms with Crippen LogP contribution < -0.4 is 10.5 Å². The van der Waals surface area contributed by atoms with Crippen molar-refractivity contribution in [3.8, 4) is 11.8 Å². The largest absolute Gasteiger partial charge is 0.475 e. The molecular formula is C9H9BrN2O. The topological polar surface area (TPSA) is 59.0 Å². The number of hydrogen-bond donors (Lipinski definition) is 1. The molecule has 1 atom stereocenters. The molecule has 0 aromatic heterocycles. The number of rotatable bonds is 2. The summed E-state index contributed by atoms with van der Waals surface area (Å²) in [5.41, 5.74) is 6.18. The molecule has 4 heteroatoms. The van der Waals surface area contributed by atoms with Crippen LogP contribution in [-0.2, 0) is 0 Å². The van der Waals surface area contributed by atoms with Crippen molar-refractivity contribution in [1.29, 1.82) is 5.26 Å². The molecule has 0 bridgehead atoms. The van der Waals surface area contributed by atoms with Crippen molar-refractivity contribution in [3.63, 3.8) is 0 Å². The molecule has 1 aromatic rings. The minimum absolute atomic E-state index is 0.474. The van der Waals surface area contributed by atoms with E-state index >= 15 is 0 Å². The Bertz CT molecular complexity index is 346. The highest BCUT2D eigenvalue weighted by Crippen LogP contribution is 2.27. The van der Waals surface area contributed by atoms with Crippen LogP contribution in [0.1, 0.15) is 6.92 Å². The summed E-state index contributed by atoms with van der Waals surface area (Å²) in [6, 6.07) is 7.20. The van der Waals surface area contributed by atoms with Crippen LogP contribution in [0.5, 0.6) is 5.75 Å². The molecule has 0 aliphatic rings.